The Morgan fingerprint density at radius 2 is 0.667 bits per heavy atom. The van der Waals surface area contributed by atoms with Crippen molar-refractivity contribution in [3.05, 3.63) is 57.6 Å². The van der Waals surface area contributed by atoms with Crippen LogP contribution in [0.5, 0.6) is 11.5 Å². The maximum atomic E-state index is 12.5. The molecule has 0 heterocycles. The smallest absolute Gasteiger partial charge is 0.872 e. The molecule has 0 aliphatic rings. The van der Waals surface area contributed by atoms with E-state index in [9.17, 15) is 30.0 Å². The van der Waals surface area contributed by atoms with Gasteiger partial charge in [0, 0.05) is 0 Å². The number of hydrogen-bond donors (Lipinski definition) is 2. The molecule has 0 unspecified atom stereocenters. The topological polar surface area (TPSA) is 121 Å². The Hall–Kier alpha value is -2.40. The average molecular weight is 845 g/mol. The van der Waals surface area contributed by atoms with E-state index in [0.717, 1.165) is 86.2 Å². The van der Waals surface area contributed by atoms with Crippen LogP contribution in [-0.4, -0.2) is 22.2 Å². The zero-order valence-corrected chi connectivity index (χ0v) is 40.8. The molecule has 2 aromatic carbocycles. The van der Waals surface area contributed by atoms with Crippen LogP contribution in [0.15, 0.2) is 24.3 Å². The van der Waals surface area contributed by atoms with Crippen molar-refractivity contribution in [2.75, 3.05) is 0 Å². The van der Waals surface area contributed by atoms with E-state index in [1.165, 1.54) is 89.9 Å². The Balaban J connectivity index is 0.00000108. The van der Waals surface area contributed by atoms with Crippen LogP contribution in [0.3, 0.4) is 0 Å². The van der Waals surface area contributed by atoms with Crippen LogP contribution >= 0.6 is 0 Å². The quantitative estimate of drug-likeness (QED) is 0.0597. The number of aryl methyl sites for hydroxylation is 4. The Morgan fingerprint density at radius 3 is 0.912 bits per heavy atom. The third kappa shape index (κ3) is 26.3. The molecule has 0 radical (unpaired) electrons. The Labute approximate surface area is 362 Å². The second-order valence-electron chi connectivity index (χ2n) is 18.3. The Kier molecular flexibility index (Phi) is 31.1. The van der Waals surface area contributed by atoms with Crippen molar-refractivity contribution in [1.29, 1.82) is 0 Å². The molecule has 6 nitrogen and oxygen atoms in total. The van der Waals surface area contributed by atoms with Gasteiger partial charge in [-0.2, -0.15) is 0 Å². The summed E-state index contributed by atoms with van der Waals surface area (Å²) in [7, 11) is 0. The van der Waals surface area contributed by atoms with Gasteiger partial charge in [0.1, 0.15) is 0 Å². The molecule has 0 saturated heterocycles. The summed E-state index contributed by atoms with van der Waals surface area (Å²) >= 11 is 0. The second-order valence-corrected chi connectivity index (χ2v) is 18.3. The van der Waals surface area contributed by atoms with E-state index in [-0.39, 0.29) is 42.1 Å². The minimum absolute atomic E-state index is 0. The number of carboxylic acid groups (broad SMARTS) is 2. The van der Waals surface area contributed by atoms with Crippen molar-refractivity contribution in [3.63, 3.8) is 0 Å². The number of unbranched alkanes of at least 4 members (excludes halogenated alkanes) is 12. The number of carbonyl (C=O) groups is 2. The fourth-order valence-corrected chi connectivity index (χ4v) is 7.40. The maximum absolute atomic E-state index is 12.5. The first kappa shape index (κ1) is 54.6. The van der Waals surface area contributed by atoms with Crippen molar-refractivity contribution < 1.29 is 49.5 Å². The van der Waals surface area contributed by atoms with Gasteiger partial charge >= 0.3 is 31.4 Å². The van der Waals surface area contributed by atoms with E-state index in [1.54, 1.807) is 12.1 Å². The molecule has 0 spiro atoms. The van der Waals surface area contributed by atoms with Crippen molar-refractivity contribution in [2.45, 2.75) is 209 Å². The summed E-state index contributed by atoms with van der Waals surface area (Å²) in [6.45, 7) is 18.0. The summed E-state index contributed by atoms with van der Waals surface area (Å²) in [6, 6.07) is 7.14. The molecule has 0 fully saturated rings. The third-order valence-electron chi connectivity index (χ3n) is 10.9. The van der Waals surface area contributed by atoms with E-state index in [0.29, 0.717) is 24.0 Å². The van der Waals surface area contributed by atoms with Gasteiger partial charge in [0.25, 0.3) is 0 Å². The fraction of sp³-hybridized carbons (Fsp3) is 0.720. The predicted octanol–water partition coefficient (Wildman–Crippen LogP) is 13.5. The molecule has 2 N–H and O–H groups in total. The summed E-state index contributed by atoms with van der Waals surface area (Å²) in [4.78, 5) is 23.0. The second kappa shape index (κ2) is 32.5. The normalized spacial score (nSPS) is 11.3. The summed E-state index contributed by atoms with van der Waals surface area (Å²) < 4.78 is 0. The van der Waals surface area contributed by atoms with Gasteiger partial charge in [0.2, 0.25) is 0 Å². The molecule has 2 aromatic rings. The van der Waals surface area contributed by atoms with Crippen LogP contribution < -0.4 is 10.2 Å². The minimum atomic E-state index is -1.10. The van der Waals surface area contributed by atoms with Gasteiger partial charge in [0.05, 0.1) is 11.1 Å². The van der Waals surface area contributed by atoms with Gasteiger partial charge in [0.15, 0.2) is 0 Å². The van der Waals surface area contributed by atoms with E-state index in [4.69, 9.17) is 0 Å². The van der Waals surface area contributed by atoms with Crippen molar-refractivity contribution in [1.82, 2.24) is 0 Å². The summed E-state index contributed by atoms with van der Waals surface area (Å²) in [6.07, 6.45) is 26.6. The summed E-state index contributed by atoms with van der Waals surface area (Å²) in [5.41, 5.74) is 3.31. The molecule has 0 amide bonds. The molecule has 57 heavy (non-hydrogen) atoms. The standard InChI is InChI=1S/2C25H42O3.Zn/c2*1-19(2)13-9-5-7-11-15-21-17-22(24(26)23(18-21)25(27)28)16-12-8-6-10-14-20(3)4;/h2*17-20,26H,5-16H2,1-4H3,(H,27,28);/q;;+2/p-2. The third-order valence-corrected chi connectivity index (χ3v) is 10.9. The van der Waals surface area contributed by atoms with Crippen LogP contribution in [0, 0.1) is 23.7 Å². The van der Waals surface area contributed by atoms with E-state index >= 15 is 0 Å². The van der Waals surface area contributed by atoms with Crippen LogP contribution in [0.1, 0.15) is 227 Å². The zero-order chi connectivity index (χ0) is 41.9. The SMILES string of the molecule is CC(C)CCCCCCc1cc(CCCCCCC(C)C)c([O-])c(C(=O)O)c1.CC(C)CCCCCCc1cc(CCCCCCC(C)C)c([O-])c(C(=O)O)c1.[Zn+2]. The van der Waals surface area contributed by atoms with Gasteiger partial charge < -0.3 is 20.4 Å². The van der Waals surface area contributed by atoms with Crippen LogP contribution in [0.2, 0.25) is 0 Å². The van der Waals surface area contributed by atoms with Gasteiger partial charge in [-0.1, -0.05) is 193 Å². The minimum Gasteiger partial charge on any atom is -0.872 e. The van der Waals surface area contributed by atoms with Gasteiger partial charge in [-0.3, -0.25) is 0 Å². The van der Waals surface area contributed by atoms with E-state index in [2.05, 4.69) is 55.4 Å². The van der Waals surface area contributed by atoms with Crippen LogP contribution in [-0.2, 0) is 45.2 Å². The summed E-state index contributed by atoms with van der Waals surface area (Å²) in [5, 5.41) is 43.7. The van der Waals surface area contributed by atoms with Gasteiger partial charge in [-0.15, -0.1) is 0 Å². The number of benzene rings is 2. The number of carboxylic acids is 2. The molecule has 320 valence electrons. The molecule has 0 saturated carbocycles. The van der Waals surface area contributed by atoms with Crippen LogP contribution in [0.4, 0.5) is 0 Å². The molecular formula is C50H82O6Zn. The average Bonchev–Trinajstić information content (AvgIpc) is 3.12. The largest absolute Gasteiger partial charge is 2.00 e. The molecule has 0 aliphatic heterocycles. The van der Waals surface area contributed by atoms with Gasteiger partial charge in [-0.05, 0) is 98.3 Å². The maximum Gasteiger partial charge on any atom is 2.00 e. The number of aromatic carboxylic acids is 2. The monoisotopic (exact) mass is 843 g/mol. The molecule has 2 rings (SSSR count). The first-order valence-electron chi connectivity index (χ1n) is 22.7. The predicted molar refractivity (Wildman–Crippen MR) is 232 cm³/mol. The Bertz CT molecular complexity index is 1260. The molecule has 0 aliphatic carbocycles. The molecule has 0 bridgehead atoms. The zero-order valence-electron chi connectivity index (χ0n) is 37.8. The van der Waals surface area contributed by atoms with Gasteiger partial charge in [-0.25, -0.2) is 9.59 Å². The Morgan fingerprint density at radius 1 is 0.421 bits per heavy atom. The summed E-state index contributed by atoms with van der Waals surface area (Å²) in [5.74, 6) is 0.253. The molecule has 0 atom stereocenters. The number of hydrogen-bond acceptors (Lipinski definition) is 4. The first-order chi connectivity index (χ1) is 26.6. The van der Waals surface area contributed by atoms with Crippen molar-refractivity contribution >= 4 is 11.9 Å². The van der Waals surface area contributed by atoms with Crippen molar-refractivity contribution in [3.8, 4) is 11.5 Å². The van der Waals surface area contributed by atoms with Crippen LogP contribution in [0.25, 0.3) is 0 Å². The molecular weight excluding hydrogens is 762 g/mol. The number of rotatable bonds is 30. The molecule has 0 aromatic heterocycles. The molecule has 7 heteroatoms. The first-order valence-corrected chi connectivity index (χ1v) is 22.7. The van der Waals surface area contributed by atoms with E-state index < -0.39 is 11.9 Å². The van der Waals surface area contributed by atoms with E-state index in [1.807, 2.05) is 12.1 Å². The van der Waals surface area contributed by atoms with Crippen molar-refractivity contribution in [2.24, 2.45) is 23.7 Å². The fourth-order valence-electron chi connectivity index (χ4n) is 7.40.